The number of benzene rings is 1. The molecule has 2 atom stereocenters. The summed E-state index contributed by atoms with van der Waals surface area (Å²) >= 11 is 0. The van der Waals surface area contributed by atoms with Crippen molar-refractivity contribution in [3.05, 3.63) is 35.4 Å². The predicted octanol–water partition coefficient (Wildman–Crippen LogP) is 1.73. The molecule has 0 unspecified atom stereocenters. The number of ether oxygens (including phenoxy) is 1. The van der Waals surface area contributed by atoms with Crippen LogP contribution in [0.5, 0.6) is 0 Å². The number of morpholine rings is 1. The molecular formula is C18H29N3O3S. The van der Waals surface area contributed by atoms with Gasteiger partial charge in [-0.1, -0.05) is 24.3 Å². The summed E-state index contributed by atoms with van der Waals surface area (Å²) in [6.07, 6.45) is 2.34. The van der Waals surface area contributed by atoms with E-state index in [0.29, 0.717) is 19.6 Å². The average molecular weight is 368 g/mol. The molecule has 25 heavy (non-hydrogen) atoms. The topological polar surface area (TPSA) is 61.9 Å². The van der Waals surface area contributed by atoms with E-state index in [1.54, 1.807) is 0 Å². The van der Waals surface area contributed by atoms with Crippen LogP contribution in [0.3, 0.4) is 0 Å². The van der Waals surface area contributed by atoms with Crippen molar-refractivity contribution in [2.24, 2.45) is 0 Å². The first-order chi connectivity index (χ1) is 11.9. The minimum absolute atomic E-state index is 0.0808. The summed E-state index contributed by atoms with van der Waals surface area (Å²) in [6.45, 7) is 8.08. The van der Waals surface area contributed by atoms with Gasteiger partial charge in [-0.2, -0.15) is 17.4 Å². The number of hydrogen-bond acceptors (Lipinski definition) is 4. The van der Waals surface area contributed by atoms with Crippen molar-refractivity contribution >= 4 is 10.2 Å². The van der Waals surface area contributed by atoms with Crippen LogP contribution < -0.4 is 4.72 Å². The predicted molar refractivity (Wildman–Crippen MR) is 98.3 cm³/mol. The zero-order valence-corrected chi connectivity index (χ0v) is 16.0. The lowest BCUT2D eigenvalue weighted by Crippen LogP contribution is -2.51. The second kappa shape index (κ2) is 8.14. The highest BCUT2D eigenvalue weighted by Gasteiger charge is 2.30. The number of likely N-dealkylation sites (tertiary alicyclic amines) is 1. The molecule has 0 radical (unpaired) electrons. The highest BCUT2D eigenvalue weighted by atomic mass is 32.2. The Morgan fingerprint density at radius 2 is 1.68 bits per heavy atom. The Hall–Kier alpha value is -0.990. The van der Waals surface area contributed by atoms with Crippen LogP contribution in [-0.4, -0.2) is 56.0 Å². The fourth-order valence-corrected chi connectivity index (χ4v) is 4.99. The summed E-state index contributed by atoms with van der Waals surface area (Å²) < 4.78 is 35.2. The summed E-state index contributed by atoms with van der Waals surface area (Å²) in [5, 5.41) is 0. The van der Waals surface area contributed by atoms with E-state index in [1.807, 2.05) is 32.0 Å². The first-order valence-electron chi connectivity index (χ1n) is 9.13. The Bertz CT molecular complexity index is 664. The summed E-state index contributed by atoms with van der Waals surface area (Å²) in [7, 11) is -3.50. The molecule has 140 valence electrons. The number of nitrogens with one attached hydrogen (secondary N) is 1. The van der Waals surface area contributed by atoms with Crippen molar-refractivity contribution in [1.82, 2.24) is 13.9 Å². The van der Waals surface area contributed by atoms with Gasteiger partial charge in [0.05, 0.1) is 12.2 Å². The lowest BCUT2D eigenvalue weighted by atomic mass is 10.1. The molecule has 0 bridgehead atoms. The van der Waals surface area contributed by atoms with Gasteiger partial charge in [0.25, 0.3) is 10.2 Å². The Morgan fingerprint density at radius 1 is 1.08 bits per heavy atom. The largest absolute Gasteiger partial charge is 0.373 e. The fraction of sp³-hybridized carbons (Fsp3) is 0.667. The minimum Gasteiger partial charge on any atom is -0.373 e. The summed E-state index contributed by atoms with van der Waals surface area (Å²) in [6, 6.07) is 8.10. The van der Waals surface area contributed by atoms with Gasteiger partial charge >= 0.3 is 0 Å². The molecule has 6 nitrogen and oxygen atoms in total. The molecule has 1 aromatic carbocycles. The van der Waals surface area contributed by atoms with Gasteiger partial charge in [-0.05, 0) is 50.9 Å². The number of rotatable bonds is 6. The maximum Gasteiger partial charge on any atom is 0.279 e. The van der Waals surface area contributed by atoms with Gasteiger partial charge in [0.15, 0.2) is 0 Å². The van der Waals surface area contributed by atoms with Gasteiger partial charge in [0.2, 0.25) is 0 Å². The maximum absolute atomic E-state index is 12.7. The van der Waals surface area contributed by atoms with Crippen LogP contribution in [0.4, 0.5) is 0 Å². The molecule has 0 aliphatic carbocycles. The molecule has 2 heterocycles. The number of nitrogens with zero attached hydrogens (tertiary/aromatic N) is 2. The van der Waals surface area contributed by atoms with Crippen LogP contribution in [0.2, 0.25) is 0 Å². The molecule has 2 aliphatic rings. The summed E-state index contributed by atoms with van der Waals surface area (Å²) in [5.41, 5.74) is 2.25. The lowest BCUT2D eigenvalue weighted by molar-refractivity contribution is -0.0444. The zero-order chi connectivity index (χ0) is 17.9. The van der Waals surface area contributed by atoms with E-state index in [9.17, 15) is 8.42 Å². The highest BCUT2D eigenvalue weighted by molar-refractivity contribution is 7.87. The monoisotopic (exact) mass is 367 g/mol. The van der Waals surface area contributed by atoms with Crippen LogP contribution in [0.1, 0.15) is 37.8 Å². The van der Waals surface area contributed by atoms with E-state index < -0.39 is 10.2 Å². The molecule has 2 fully saturated rings. The van der Waals surface area contributed by atoms with Crippen LogP contribution in [0, 0.1) is 0 Å². The average Bonchev–Trinajstić information content (AvgIpc) is 3.06. The summed E-state index contributed by atoms with van der Waals surface area (Å²) in [4.78, 5) is 2.43. The van der Waals surface area contributed by atoms with E-state index in [-0.39, 0.29) is 12.2 Å². The van der Waals surface area contributed by atoms with E-state index in [2.05, 4.69) is 15.7 Å². The quantitative estimate of drug-likeness (QED) is 0.832. The molecule has 2 aliphatic heterocycles. The SMILES string of the molecule is C[C@@H]1CN(S(=O)(=O)NCc2ccccc2CN2CCCC2)C[C@H](C)O1. The molecule has 3 rings (SSSR count). The fourth-order valence-electron chi connectivity index (χ4n) is 3.65. The first-order valence-corrected chi connectivity index (χ1v) is 10.6. The second-order valence-corrected chi connectivity index (χ2v) is 8.91. The third-order valence-corrected chi connectivity index (χ3v) is 6.37. The summed E-state index contributed by atoms with van der Waals surface area (Å²) in [5.74, 6) is 0. The van der Waals surface area contributed by atoms with E-state index in [1.165, 1.54) is 22.7 Å². The molecule has 0 aromatic heterocycles. The molecule has 0 spiro atoms. The van der Waals surface area contributed by atoms with Gasteiger partial charge in [0.1, 0.15) is 0 Å². The van der Waals surface area contributed by atoms with E-state index in [0.717, 1.165) is 25.2 Å². The Morgan fingerprint density at radius 3 is 2.32 bits per heavy atom. The normalized spacial score (nSPS) is 26.2. The first kappa shape index (κ1) is 18.8. The van der Waals surface area contributed by atoms with Crippen LogP contribution >= 0.6 is 0 Å². The molecule has 2 saturated heterocycles. The zero-order valence-electron chi connectivity index (χ0n) is 15.1. The molecule has 1 N–H and O–H groups in total. The number of hydrogen-bond donors (Lipinski definition) is 1. The second-order valence-electron chi connectivity index (χ2n) is 7.15. The van der Waals surface area contributed by atoms with Crippen LogP contribution in [0.15, 0.2) is 24.3 Å². The third kappa shape index (κ3) is 5.01. The van der Waals surface area contributed by atoms with Gasteiger partial charge in [-0.3, -0.25) is 4.90 Å². The van der Waals surface area contributed by atoms with Crippen molar-refractivity contribution < 1.29 is 13.2 Å². The highest BCUT2D eigenvalue weighted by Crippen LogP contribution is 2.17. The smallest absolute Gasteiger partial charge is 0.279 e. The van der Waals surface area contributed by atoms with Crippen molar-refractivity contribution in [3.8, 4) is 0 Å². The van der Waals surface area contributed by atoms with E-state index in [4.69, 9.17) is 4.74 Å². The van der Waals surface area contributed by atoms with Crippen molar-refractivity contribution in [3.63, 3.8) is 0 Å². The molecule has 0 amide bonds. The lowest BCUT2D eigenvalue weighted by Gasteiger charge is -2.34. The molecule has 1 aromatic rings. The van der Waals surface area contributed by atoms with Crippen LogP contribution in [-0.2, 0) is 28.0 Å². The maximum atomic E-state index is 12.7. The third-order valence-electron chi connectivity index (χ3n) is 4.88. The van der Waals surface area contributed by atoms with Crippen LogP contribution in [0.25, 0.3) is 0 Å². The van der Waals surface area contributed by atoms with Gasteiger partial charge in [0, 0.05) is 26.2 Å². The minimum atomic E-state index is -3.50. The van der Waals surface area contributed by atoms with Gasteiger partial charge < -0.3 is 4.74 Å². The Kier molecular flexibility index (Phi) is 6.12. The Balaban J connectivity index is 1.64. The van der Waals surface area contributed by atoms with Crippen molar-refractivity contribution in [1.29, 1.82) is 0 Å². The standard InChI is InChI=1S/C18H29N3O3S/c1-15-12-21(13-16(2)24-15)25(22,23)19-11-17-7-3-4-8-18(17)14-20-9-5-6-10-20/h3-4,7-8,15-16,19H,5-6,9-14H2,1-2H3/t15-,16+. The van der Waals surface area contributed by atoms with Crippen molar-refractivity contribution in [2.75, 3.05) is 26.2 Å². The molecular weight excluding hydrogens is 338 g/mol. The Labute approximate surface area is 151 Å². The molecule has 7 heteroatoms. The van der Waals surface area contributed by atoms with Gasteiger partial charge in [-0.15, -0.1) is 0 Å². The van der Waals surface area contributed by atoms with Gasteiger partial charge in [-0.25, -0.2) is 0 Å². The van der Waals surface area contributed by atoms with Crippen molar-refractivity contribution in [2.45, 2.75) is 52.0 Å². The van der Waals surface area contributed by atoms with E-state index >= 15 is 0 Å². The molecule has 0 saturated carbocycles.